The number of benzene rings is 8. The molecule has 3 heterocycles. The summed E-state index contributed by atoms with van der Waals surface area (Å²) in [7, 11) is 0. The summed E-state index contributed by atoms with van der Waals surface area (Å²) in [5.74, 6) is 2.62. The van der Waals surface area contributed by atoms with E-state index < -0.39 is 0 Å². The monoisotopic (exact) mass is 797 g/mol. The molecule has 0 amide bonds. The highest BCUT2D eigenvalue weighted by molar-refractivity contribution is 7.26. The van der Waals surface area contributed by atoms with Gasteiger partial charge in [-0.2, -0.15) is 0 Å². The molecule has 3 aromatic heterocycles. The van der Waals surface area contributed by atoms with Gasteiger partial charge in [0, 0.05) is 59.1 Å². The van der Waals surface area contributed by atoms with E-state index in [1.54, 1.807) is 0 Å². The highest BCUT2D eigenvalue weighted by Crippen LogP contribution is 2.45. The number of rotatable bonds is 8. The number of hydrogen-bond donors (Lipinski definition) is 0. The molecule has 0 aliphatic heterocycles. The lowest BCUT2D eigenvalue weighted by atomic mass is 9.94. The van der Waals surface area contributed by atoms with E-state index in [2.05, 4.69) is 115 Å². The standard InChI is InChI=1S/C55H35N5S/c1-5-15-38(16-6-1)47-35-48(57-52(56-47)41-17-7-2-8-18-41)39-29-25-36(26-30-39)37-27-31-40(32-28-37)50-46(34-33-45-44-23-13-14-24-49(44)61-51(45)50)55-59-53(42-19-9-3-10-20-42)58-54(60-55)43-21-11-4-12-22-43/h1-35H. The SMILES string of the molecule is c1ccc(-c2cc(-c3ccc(-c4ccc(-c5c(-c6nc(-c7ccccc7)nc(-c7ccccc7)n6)ccc6c5sc5ccccc56)cc4)cc3)nc(-c3ccccc3)n2)cc1. The average molecular weight is 798 g/mol. The zero-order chi connectivity index (χ0) is 40.5. The van der Waals surface area contributed by atoms with Gasteiger partial charge in [-0.15, -0.1) is 11.3 Å². The van der Waals surface area contributed by atoms with Crippen molar-refractivity contribution in [2.24, 2.45) is 0 Å². The molecule has 61 heavy (non-hydrogen) atoms. The van der Waals surface area contributed by atoms with Crippen LogP contribution in [0.2, 0.25) is 0 Å². The molecule has 0 fully saturated rings. The van der Waals surface area contributed by atoms with Gasteiger partial charge in [-0.3, -0.25) is 0 Å². The lowest BCUT2D eigenvalue weighted by Crippen LogP contribution is -2.01. The van der Waals surface area contributed by atoms with E-state index in [9.17, 15) is 0 Å². The van der Waals surface area contributed by atoms with E-state index in [0.717, 1.165) is 67.0 Å². The van der Waals surface area contributed by atoms with Crippen molar-refractivity contribution in [1.29, 1.82) is 0 Å². The Morgan fingerprint density at radius 2 is 0.689 bits per heavy atom. The molecule has 11 rings (SSSR count). The topological polar surface area (TPSA) is 64.5 Å². The second-order valence-electron chi connectivity index (χ2n) is 14.9. The fourth-order valence-corrected chi connectivity index (χ4v) is 9.19. The first kappa shape index (κ1) is 36.2. The Morgan fingerprint density at radius 3 is 1.23 bits per heavy atom. The Hall–Kier alpha value is -7.93. The van der Waals surface area contributed by atoms with Crippen molar-refractivity contribution in [3.63, 3.8) is 0 Å². The molecule has 286 valence electrons. The van der Waals surface area contributed by atoms with Crippen molar-refractivity contribution < 1.29 is 0 Å². The smallest absolute Gasteiger partial charge is 0.164 e. The van der Waals surface area contributed by atoms with Crippen molar-refractivity contribution in [3.8, 4) is 90.3 Å². The summed E-state index contributed by atoms with van der Waals surface area (Å²) in [6, 6.07) is 73.4. The Balaban J connectivity index is 1.00. The molecule has 11 aromatic rings. The number of aromatic nitrogens is 5. The zero-order valence-corrected chi connectivity index (χ0v) is 33.7. The van der Waals surface area contributed by atoms with Gasteiger partial charge in [0.15, 0.2) is 23.3 Å². The van der Waals surface area contributed by atoms with Crippen molar-refractivity contribution >= 4 is 31.5 Å². The normalized spacial score (nSPS) is 11.3. The van der Waals surface area contributed by atoms with E-state index >= 15 is 0 Å². The molecular weight excluding hydrogens is 763 g/mol. The van der Waals surface area contributed by atoms with Gasteiger partial charge in [0.2, 0.25) is 0 Å². The second kappa shape index (κ2) is 15.7. The first-order chi connectivity index (χ1) is 30.2. The summed E-state index contributed by atoms with van der Waals surface area (Å²) >= 11 is 1.81. The molecule has 8 aromatic carbocycles. The van der Waals surface area contributed by atoms with E-state index in [1.165, 1.54) is 20.2 Å². The fourth-order valence-electron chi connectivity index (χ4n) is 7.92. The van der Waals surface area contributed by atoms with Gasteiger partial charge < -0.3 is 0 Å². The Labute approximate surface area is 357 Å². The predicted octanol–water partition coefficient (Wildman–Crippen LogP) is 14.4. The highest BCUT2D eigenvalue weighted by Gasteiger charge is 2.20. The number of fused-ring (bicyclic) bond motifs is 3. The van der Waals surface area contributed by atoms with Gasteiger partial charge in [0.05, 0.1) is 11.4 Å². The van der Waals surface area contributed by atoms with Gasteiger partial charge in [-0.05, 0) is 34.9 Å². The van der Waals surface area contributed by atoms with Crippen LogP contribution in [-0.2, 0) is 0 Å². The maximum atomic E-state index is 5.16. The quantitative estimate of drug-likeness (QED) is 0.153. The third-order valence-electron chi connectivity index (χ3n) is 11.0. The minimum atomic E-state index is 0.636. The molecule has 0 spiro atoms. The molecule has 0 bridgehead atoms. The Kier molecular flexibility index (Phi) is 9.30. The third kappa shape index (κ3) is 7.05. The van der Waals surface area contributed by atoms with Gasteiger partial charge >= 0.3 is 0 Å². The number of nitrogens with zero attached hydrogens (tertiary/aromatic N) is 5. The van der Waals surface area contributed by atoms with E-state index in [0.29, 0.717) is 23.3 Å². The van der Waals surface area contributed by atoms with Crippen LogP contribution in [-0.4, -0.2) is 24.9 Å². The van der Waals surface area contributed by atoms with Gasteiger partial charge in [0.25, 0.3) is 0 Å². The van der Waals surface area contributed by atoms with Crippen molar-refractivity contribution in [2.45, 2.75) is 0 Å². The van der Waals surface area contributed by atoms with E-state index in [4.69, 9.17) is 24.9 Å². The molecule has 0 saturated heterocycles. The van der Waals surface area contributed by atoms with E-state index in [1.807, 2.05) is 108 Å². The summed E-state index contributed by atoms with van der Waals surface area (Å²) in [5.41, 5.74) is 12.1. The molecule has 0 unspecified atom stereocenters. The van der Waals surface area contributed by atoms with Gasteiger partial charge in [-0.1, -0.05) is 194 Å². The summed E-state index contributed by atoms with van der Waals surface area (Å²) < 4.78 is 2.45. The zero-order valence-electron chi connectivity index (χ0n) is 32.9. The van der Waals surface area contributed by atoms with Crippen LogP contribution < -0.4 is 0 Å². The Morgan fingerprint density at radius 1 is 0.279 bits per heavy atom. The molecular formula is C55H35N5S. The molecule has 0 radical (unpaired) electrons. The predicted molar refractivity (Wildman–Crippen MR) is 252 cm³/mol. The molecule has 0 N–H and O–H groups in total. The number of thiophene rings is 1. The summed E-state index contributed by atoms with van der Waals surface area (Å²) in [5, 5.41) is 2.46. The van der Waals surface area contributed by atoms with Gasteiger partial charge in [-0.25, -0.2) is 24.9 Å². The minimum absolute atomic E-state index is 0.636. The molecule has 0 aliphatic carbocycles. The van der Waals surface area contributed by atoms with Crippen molar-refractivity contribution in [1.82, 2.24) is 24.9 Å². The van der Waals surface area contributed by atoms with Crippen LogP contribution in [0, 0.1) is 0 Å². The molecule has 0 aliphatic rings. The average Bonchev–Trinajstić information content (AvgIpc) is 3.73. The number of hydrogen-bond acceptors (Lipinski definition) is 6. The maximum absolute atomic E-state index is 5.16. The third-order valence-corrected chi connectivity index (χ3v) is 12.2. The van der Waals surface area contributed by atoms with Crippen LogP contribution in [0.5, 0.6) is 0 Å². The van der Waals surface area contributed by atoms with Crippen LogP contribution in [0.3, 0.4) is 0 Å². The highest BCUT2D eigenvalue weighted by atomic mass is 32.1. The largest absolute Gasteiger partial charge is 0.228 e. The second-order valence-corrected chi connectivity index (χ2v) is 15.9. The van der Waals surface area contributed by atoms with Crippen molar-refractivity contribution in [3.05, 3.63) is 212 Å². The van der Waals surface area contributed by atoms with Crippen LogP contribution in [0.25, 0.3) is 110 Å². The maximum Gasteiger partial charge on any atom is 0.164 e. The van der Waals surface area contributed by atoms with Crippen LogP contribution in [0.4, 0.5) is 0 Å². The summed E-state index contributed by atoms with van der Waals surface area (Å²) in [4.78, 5) is 25.3. The van der Waals surface area contributed by atoms with Gasteiger partial charge in [0.1, 0.15) is 0 Å². The lowest BCUT2D eigenvalue weighted by Gasteiger charge is -2.14. The first-order valence-corrected chi connectivity index (χ1v) is 21.1. The lowest BCUT2D eigenvalue weighted by molar-refractivity contribution is 1.07. The first-order valence-electron chi connectivity index (χ1n) is 20.2. The fraction of sp³-hybridized carbons (Fsp3) is 0. The van der Waals surface area contributed by atoms with Crippen LogP contribution in [0.15, 0.2) is 212 Å². The molecule has 0 saturated carbocycles. The molecule has 5 nitrogen and oxygen atoms in total. The summed E-state index contributed by atoms with van der Waals surface area (Å²) in [6.45, 7) is 0. The van der Waals surface area contributed by atoms with E-state index in [-0.39, 0.29) is 0 Å². The molecule has 0 atom stereocenters. The molecule has 6 heteroatoms. The van der Waals surface area contributed by atoms with Crippen LogP contribution >= 0.6 is 11.3 Å². The Bertz CT molecular complexity index is 3200. The van der Waals surface area contributed by atoms with Crippen LogP contribution in [0.1, 0.15) is 0 Å². The summed E-state index contributed by atoms with van der Waals surface area (Å²) in [6.07, 6.45) is 0. The van der Waals surface area contributed by atoms with Crippen molar-refractivity contribution in [2.75, 3.05) is 0 Å². The minimum Gasteiger partial charge on any atom is -0.228 e.